The molecule has 2 N–H and O–H groups in total. The molecular formula is C18H30FIN4O. The largest absolute Gasteiger partial charge is 0.356 e. The van der Waals surface area contributed by atoms with Gasteiger partial charge < -0.3 is 15.5 Å². The first-order chi connectivity index (χ1) is 11.2. The minimum atomic E-state index is -0.250. The van der Waals surface area contributed by atoms with E-state index in [2.05, 4.69) is 15.6 Å². The third kappa shape index (κ3) is 10.3. The molecule has 0 aromatic heterocycles. The molecule has 1 aromatic carbocycles. The maximum Gasteiger partial charge on any atom is 0.240 e. The number of hydrogen-bond acceptors (Lipinski definition) is 2. The van der Waals surface area contributed by atoms with E-state index in [1.807, 2.05) is 33.9 Å². The van der Waals surface area contributed by atoms with E-state index in [1.165, 1.54) is 6.07 Å². The normalized spacial score (nSPS) is 11.5. The third-order valence-corrected chi connectivity index (χ3v) is 3.28. The number of carbonyl (C=O) groups is 1. The Balaban J connectivity index is 0.00000576. The van der Waals surface area contributed by atoms with E-state index in [-0.39, 0.29) is 47.8 Å². The number of amides is 1. The van der Waals surface area contributed by atoms with Gasteiger partial charge in [0.2, 0.25) is 5.91 Å². The number of guanidine groups is 1. The summed E-state index contributed by atoms with van der Waals surface area (Å²) in [5.41, 5.74) is 0.726. The van der Waals surface area contributed by atoms with Gasteiger partial charge in [-0.25, -0.2) is 4.39 Å². The lowest BCUT2D eigenvalue weighted by Crippen LogP contribution is -2.48. The number of aliphatic imine (C=N–C) groups is 1. The summed E-state index contributed by atoms with van der Waals surface area (Å²) in [6.07, 6.45) is 1.64. The third-order valence-electron chi connectivity index (χ3n) is 3.28. The molecule has 0 heterocycles. The van der Waals surface area contributed by atoms with Gasteiger partial charge in [-0.05, 0) is 51.3 Å². The van der Waals surface area contributed by atoms with Crippen LogP contribution in [-0.2, 0) is 11.2 Å². The van der Waals surface area contributed by atoms with Crippen molar-refractivity contribution in [2.45, 2.75) is 39.2 Å². The van der Waals surface area contributed by atoms with Gasteiger partial charge in [-0.2, -0.15) is 0 Å². The monoisotopic (exact) mass is 464 g/mol. The van der Waals surface area contributed by atoms with Crippen LogP contribution in [0.3, 0.4) is 0 Å². The van der Waals surface area contributed by atoms with Crippen molar-refractivity contribution < 1.29 is 9.18 Å². The van der Waals surface area contributed by atoms with Gasteiger partial charge in [-0.15, -0.1) is 24.0 Å². The average Bonchev–Trinajstić information content (AvgIpc) is 2.45. The van der Waals surface area contributed by atoms with Crippen molar-refractivity contribution in [2.24, 2.45) is 4.99 Å². The van der Waals surface area contributed by atoms with Crippen LogP contribution in [0.15, 0.2) is 29.3 Å². The van der Waals surface area contributed by atoms with E-state index in [9.17, 15) is 9.18 Å². The fourth-order valence-electron chi connectivity index (χ4n) is 2.32. The summed E-state index contributed by atoms with van der Waals surface area (Å²) in [6, 6.07) is 6.64. The van der Waals surface area contributed by atoms with Crippen LogP contribution in [0.4, 0.5) is 4.39 Å². The lowest BCUT2D eigenvalue weighted by molar-refractivity contribution is -0.122. The number of nitrogens with zero attached hydrogens (tertiary/aromatic N) is 2. The Labute approximate surface area is 167 Å². The standard InChI is InChI=1S/C18H29FN4O.HI/c1-18(2,3)22-16(24)13-23(5)17(20-4)21-11-7-9-14-8-6-10-15(19)12-14;/h6,8,10,12H,7,9,11,13H2,1-5H3,(H,20,21)(H,22,24);1H. The summed E-state index contributed by atoms with van der Waals surface area (Å²) in [7, 11) is 3.51. The molecule has 25 heavy (non-hydrogen) atoms. The second-order valence-corrected chi connectivity index (χ2v) is 6.86. The highest BCUT2D eigenvalue weighted by atomic mass is 127. The number of halogens is 2. The summed E-state index contributed by atoms with van der Waals surface area (Å²) in [5.74, 6) is 0.409. The molecule has 1 aromatic rings. The van der Waals surface area contributed by atoms with Crippen LogP contribution in [0, 0.1) is 5.82 Å². The molecule has 1 rings (SSSR count). The van der Waals surface area contributed by atoms with Gasteiger partial charge in [0.1, 0.15) is 5.82 Å². The molecule has 0 fully saturated rings. The van der Waals surface area contributed by atoms with Crippen molar-refractivity contribution in [1.82, 2.24) is 15.5 Å². The van der Waals surface area contributed by atoms with Gasteiger partial charge in [-0.1, -0.05) is 12.1 Å². The number of benzene rings is 1. The number of aryl methyl sites for hydroxylation is 1. The maximum atomic E-state index is 13.1. The van der Waals surface area contributed by atoms with Crippen LogP contribution in [0.5, 0.6) is 0 Å². The molecule has 0 aliphatic heterocycles. The maximum absolute atomic E-state index is 13.1. The zero-order valence-corrected chi connectivity index (χ0v) is 18.1. The van der Waals surface area contributed by atoms with Gasteiger partial charge in [0.05, 0.1) is 6.54 Å². The Hall–Kier alpha value is -1.38. The molecule has 142 valence electrons. The van der Waals surface area contributed by atoms with Gasteiger partial charge in [0, 0.05) is 26.2 Å². The number of carbonyl (C=O) groups excluding carboxylic acids is 1. The summed E-state index contributed by atoms with van der Waals surface area (Å²) >= 11 is 0. The molecule has 0 aliphatic carbocycles. The van der Waals surface area contributed by atoms with Crippen molar-refractivity contribution in [1.29, 1.82) is 0 Å². The molecule has 0 atom stereocenters. The minimum Gasteiger partial charge on any atom is -0.356 e. The number of rotatable bonds is 6. The van der Waals surface area contributed by atoms with Crippen molar-refractivity contribution in [2.75, 3.05) is 27.2 Å². The molecule has 1 amide bonds. The lowest BCUT2D eigenvalue weighted by atomic mass is 10.1. The summed E-state index contributed by atoms with van der Waals surface area (Å²) in [4.78, 5) is 17.9. The van der Waals surface area contributed by atoms with E-state index in [0.717, 1.165) is 18.4 Å². The first-order valence-electron chi connectivity index (χ1n) is 8.18. The highest BCUT2D eigenvalue weighted by molar-refractivity contribution is 14.0. The highest BCUT2D eigenvalue weighted by Gasteiger charge is 2.16. The SMILES string of the molecule is CN=C(NCCCc1cccc(F)c1)N(C)CC(=O)NC(C)(C)C.I. The van der Waals surface area contributed by atoms with Gasteiger partial charge in [-0.3, -0.25) is 9.79 Å². The Morgan fingerprint density at radius 2 is 2.00 bits per heavy atom. The quantitative estimate of drug-likeness (QED) is 0.295. The summed E-state index contributed by atoms with van der Waals surface area (Å²) < 4.78 is 13.1. The molecule has 0 bridgehead atoms. The predicted octanol–water partition coefficient (Wildman–Crippen LogP) is 2.80. The van der Waals surface area contributed by atoms with E-state index in [1.54, 1.807) is 24.1 Å². The van der Waals surface area contributed by atoms with E-state index >= 15 is 0 Å². The van der Waals surface area contributed by atoms with E-state index in [4.69, 9.17) is 0 Å². The summed E-state index contributed by atoms with van der Waals surface area (Å²) in [6.45, 7) is 6.79. The second kappa shape index (κ2) is 11.3. The topological polar surface area (TPSA) is 56.7 Å². The van der Waals surface area contributed by atoms with Crippen molar-refractivity contribution >= 4 is 35.8 Å². The molecule has 0 spiro atoms. The predicted molar refractivity (Wildman–Crippen MR) is 112 cm³/mol. The first kappa shape index (κ1) is 23.6. The fraction of sp³-hybridized carbons (Fsp3) is 0.556. The number of hydrogen-bond donors (Lipinski definition) is 2. The Kier molecular flexibility index (Phi) is 10.7. The van der Waals surface area contributed by atoms with E-state index < -0.39 is 0 Å². The number of nitrogens with one attached hydrogen (secondary N) is 2. The highest BCUT2D eigenvalue weighted by Crippen LogP contribution is 2.05. The van der Waals surface area contributed by atoms with Gasteiger partial charge >= 0.3 is 0 Å². The minimum absolute atomic E-state index is 0. The van der Waals surface area contributed by atoms with Crippen LogP contribution in [-0.4, -0.2) is 49.5 Å². The van der Waals surface area contributed by atoms with E-state index in [0.29, 0.717) is 12.5 Å². The Morgan fingerprint density at radius 1 is 1.32 bits per heavy atom. The molecule has 0 saturated heterocycles. The van der Waals surface area contributed by atoms with Crippen LogP contribution < -0.4 is 10.6 Å². The fourth-order valence-corrected chi connectivity index (χ4v) is 2.32. The number of likely N-dealkylation sites (N-methyl/N-ethyl adjacent to an activating group) is 1. The Morgan fingerprint density at radius 3 is 2.56 bits per heavy atom. The van der Waals surface area contributed by atoms with Crippen molar-refractivity contribution in [3.8, 4) is 0 Å². The molecular weight excluding hydrogens is 434 g/mol. The van der Waals surface area contributed by atoms with Crippen molar-refractivity contribution in [3.63, 3.8) is 0 Å². The van der Waals surface area contributed by atoms with Crippen LogP contribution in [0.25, 0.3) is 0 Å². The Bertz CT molecular complexity index is 572. The second-order valence-electron chi connectivity index (χ2n) is 6.86. The zero-order valence-electron chi connectivity index (χ0n) is 15.7. The molecule has 0 aliphatic rings. The lowest BCUT2D eigenvalue weighted by Gasteiger charge is -2.25. The summed E-state index contributed by atoms with van der Waals surface area (Å²) in [5, 5.41) is 6.15. The van der Waals surface area contributed by atoms with Crippen LogP contribution in [0.1, 0.15) is 32.8 Å². The molecule has 0 saturated carbocycles. The smallest absolute Gasteiger partial charge is 0.240 e. The van der Waals surface area contributed by atoms with Gasteiger partial charge in [0.25, 0.3) is 0 Å². The average molecular weight is 464 g/mol. The van der Waals surface area contributed by atoms with Crippen molar-refractivity contribution in [3.05, 3.63) is 35.6 Å². The molecule has 0 radical (unpaired) electrons. The zero-order chi connectivity index (χ0) is 18.2. The van der Waals surface area contributed by atoms with Gasteiger partial charge in [0.15, 0.2) is 5.96 Å². The van der Waals surface area contributed by atoms with Crippen LogP contribution in [0.2, 0.25) is 0 Å². The molecule has 0 unspecified atom stereocenters. The first-order valence-corrected chi connectivity index (χ1v) is 8.18. The molecule has 7 heteroatoms. The molecule has 5 nitrogen and oxygen atoms in total. The van der Waals surface area contributed by atoms with Crippen LogP contribution >= 0.6 is 24.0 Å².